The average molecular weight is 312 g/mol. The predicted octanol–water partition coefficient (Wildman–Crippen LogP) is 3.40. The van der Waals surface area contributed by atoms with Crippen LogP contribution in [-0.4, -0.2) is 10.5 Å². The van der Waals surface area contributed by atoms with E-state index in [9.17, 15) is 9.59 Å². The molecule has 0 bridgehead atoms. The number of para-hydroxylation sites is 1. The van der Waals surface area contributed by atoms with E-state index in [1.165, 1.54) is 11.3 Å². The van der Waals surface area contributed by atoms with Crippen molar-refractivity contribution >= 4 is 33.1 Å². The molecule has 2 aromatic carbocycles. The van der Waals surface area contributed by atoms with Crippen LogP contribution in [0.4, 0.5) is 5.69 Å². The monoisotopic (exact) mass is 312 g/mol. The fourth-order valence-electron chi connectivity index (χ4n) is 2.39. The minimum absolute atomic E-state index is 0.0236. The molecule has 4 nitrogen and oxygen atoms in total. The van der Waals surface area contributed by atoms with Crippen molar-refractivity contribution in [3.05, 3.63) is 63.8 Å². The van der Waals surface area contributed by atoms with Gasteiger partial charge in [0, 0.05) is 18.7 Å². The maximum Gasteiger partial charge on any atom is 0.308 e. The van der Waals surface area contributed by atoms with E-state index >= 15 is 0 Å². The third-order valence-electron chi connectivity index (χ3n) is 3.44. The molecule has 0 aliphatic carbocycles. The van der Waals surface area contributed by atoms with Gasteiger partial charge in [0.15, 0.2) is 0 Å². The van der Waals surface area contributed by atoms with Gasteiger partial charge in [-0.15, -0.1) is 0 Å². The first-order valence-electron chi connectivity index (χ1n) is 7.08. The molecule has 1 amide bonds. The Balaban J connectivity index is 1.70. The van der Waals surface area contributed by atoms with Gasteiger partial charge in [0.1, 0.15) is 0 Å². The van der Waals surface area contributed by atoms with Crippen LogP contribution in [0.25, 0.3) is 10.2 Å². The quantitative estimate of drug-likeness (QED) is 0.802. The Kier molecular flexibility index (Phi) is 4.06. The van der Waals surface area contributed by atoms with Gasteiger partial charge >= 0.3 is 4.87 Å². The number of thiazole rings is 1. The number of amides is 1. The lowest BCUT2D eigenvalue weighted by atomic mass is 10.2. The zero-order valence-electron chi connectivity index (χ0n) is 12.2. The van der Waals surface area contributed by atoms with Gasteiger partial charge in [-0.2, -0.15) is 0 Å². The summed E-state index contributed by atoms with van der Waals surface area (Å²) in [5, 5.41) is 2.86. The second-order valence-corrected chi connectivity index (χ2v) is 6.15. The van der Waals surface area contributed by atoms with E-state index < -0.39 is 0 Å². The maximum absolute atomic E-state index is 12.0. The lowest BCUT2D eigenvalue weighted by Gasteiger charge is -2.07. The summed E-state index contributed by atoms with van der Waals surface area (Å²) in [7, 11) is 0. The molecule has 0 fully saturated rings. The van der Waals surface area contributed by atoms with Crippen LogP contribution in [0.15, 0.2) is 53.3 Å². The van der Waals surface area contributed by atoms with E-state index in [4.69, 9.17) is 0 Å². The second kappa shape index (κ2) is 6.15. The zero-order chi connectivity index (χ0) is 15.5. The molecule has 0 aliphatic heterocycles. The van der Waals surface area contributed by atoms with Crippen LogP contribution >= 0.6 is 11.3 Å². The normalized spacial score (nSPS) is 10.8. The summed E-state index contributed by atoms with van der Waals surface area (Å²) < 4.78 is 2.61. The third kappa shape index (κ3) is 3.09. The highest BCUT2D eigenvalue weighted by Gasteiger charge is 2.09. The van der Waals surface area contributed by atoms with Crippen molar-refractivity contribution in [3.63, 3.8) is 0 Å². The van der Waals surface area contributed by atoms with Gasteiger partial charge in [0.05, 0.1) is 10.2 Å². The Morgan fingerprint density at radius 3 is 2.82 bits per heavy atom. The number of rotatable bonds is 4. The molecule has 3 rings (SSSR count). The van der Waals surface area contributed by atoms with Crippen molar-refractivity contribution in [1.82, 2.24) is 4.57 Å². The molecule has 0 saturated carbocycles. The van der Waals surface area contributed by atoms with Crippen molar-refractivity contribution < 1.29 is 4.79 Å². The van der Waals surface area contributed by atoms with Crippen LogP contribution in [0, 0.1) is 6.92 Å². The highest BCUT2D eigenvalue weighted by molar-refractivity contribution is 7.16. The van der Waals surface area contributed by atoms with E-state index in [-0.39, 0.29) is 17.2 Å². The van der Waals surface area contributed by atoms with Crippen molar-refractivity contribution in [2.75, 3.05) is 5.32 Å². The Morgan fingerprint density at radius 2 is 2.00 bits per heavy atom. The van der Waals surface area contributed by atoms with Gasteiger partial charge in [-0.05, 0) is 36.8 Å². The molecule has 112 valence electrons. The van der Waals surface area contributed by atoms with Crippen LogP contribution in [0.3, 0.4) is 0 Å². The molecule has 1 aromatic heterocycles. The first kappa shape index (κ1) is 14.5. The topological polar surface area (TPSA) is 51.1 Å². The number of nitrogens with one attached hydrogen (secondary N) is 1. The number of hydrogen-bond donors (Lipinski definition) is 1. The van der Waals surface area contributed by atoms with Gasteiger partial charge < -0.3 is 5.32 Å². The van der Waals surface area contributed by atoms with Gasteiger partial charge in [0.2, 0.25) is 5.91 Å². The fourth-order valence-corrected chi connectivity index (χ4v) is 3.30. The summed E-state index contributed by atoms with van der Waals surface area (Å²) in [6, 6.07) is 15.3. The van der Waals surface area contributed by atoms with Gasteiger partial charge in [-0.3, -0.25) is 14.2 Å². The Labute approximate surface area is 132 Å². The molecule has 0 atom stereocenters. The first-order chi connectivity index (χ1) is 10.6. The lowest BCUT2D eigenvalue weighted by Crippen LogP contribution is -2.19. The largest absolute Gasteiger partial charge is 0.326 e. The number of anilines is 1. The molecule has 1 heterocycles. The second-order valence-electron chi connectivity index (χ2n) is 5.15. The number of nitrogens with zero attached hydrogens (tertiary/aromatic N) is 1. The highest BCUT2D eigenvalue weighted by Crippen LogP contribution is 2.17. The standard InChI is InChI=1S/C17H16N2O2S/c1-12-5-4-6-13(11-12)18-16(20)9-10-19-14-7-2-3-8-15(14)22-17(19)21/h2-8,11H,9-10H2,1H3,(H,18,20). The molecular formula is C17H16N2O2S. The molecule has 0 aliphatic rings. The summed E-state index contributed by atoms with van der Waals surface area (Å²) in [5.74, 6) is -0.0900. The van der Waals surface area contributed by atoms with Crippen molar-refractivity contribution in [2.24, 2.45) is 0 Å². The first-order valence-corrected chi connectivity index (χ1v) is 7.90. The molecule has 1 N–H and O–H groups in total. The number of aromatic nitrogens is 1. The van der Waals surface area contributed by atoms with Crippen molar-refractivity contribution in [3.8, 4) is 0 Å². The van der Waals surface area contributed by atoms with E-state index in [0.29, 0.717) is 6.54 Å². The lowest BCUT2D eigenvalue weighted by molar-refractivity contribution is -0.116. The molecule has 3 aromatic rings. The van der Waals surface area contributed by atoms with Crippen LogP contribution < -0.4 is 10.2 Å². The maximum atomic E-state index is 12.0. The van der Waals surface area contributed by atoms with Gasteiger partial charge in [0.25, 0.3) is 0 Å². The van der Waals surface area contributed by atoms with Crippen LogP contribution in [0.2, 0.25) is 0 Å². The summed E-state index contributed by atoms with van der Waals surface area (Å²) >= 11 is 1.21. The molecule has 0 unspecified atom stereocenters. The van der Waals surface area contributed by atoms with E-state index in [1.807, 2.05) is 55.5 Å². The Hall–Kier alpha value is -2.40. The van der Waals surface area contributed by atoms with E-state index in [0.717, 1.165) is 21.5 Å². The Bertz CT molecular complexity index is 879. The smallest absolute Gasteiger partial charge is 0.308 e. The highest BCUT2D eigenvalue weighted by atomic mass is 32.1. The number of fused-ring (bicyclic) bond motifs is 1. The molecule has 0 saturated heterocycles. The number of aryl methyl sites for hydroxylation is 2. The van der Waals surface area contributed by atoms with Crippen LogP contribution in [0.5, 0.6) is 0 Å². The molecule has 0 radical (unpaired) electrons. The molecule has 5 heteroatoms. The Morgan fingerprint density at radius 1 is 1.18 bits per heavy atom. The SMILES string of the molecule is Cc1cccc(NC(=O)CCn2c(=O)sc3ccccc32)c1. The predicted molar refractivity (Wildman–Crippen MR) is 90.5 cm³/mol. The third-order valence-corrected chi connectivity index (χ3v) is 4.40. The zero-order valence-corrected chi connectivity index (χ0v) is 13.0. The number of hydrogen-bond acceptors (Lipinski definition) is 3. The van der Waals surface area contributed by atoms with Crippen molar-refractivity contribution in [2.45, 2.75) is 19.9 Å². The van der Waals surface area contributed by atoms with E-state index in [2.05, 4.69) is 5.32 Å². The van der Waals surface area contributed by atoms with Gasteiger partial charge in [-0.1, -0.05) is 35.6 Å². The van der Waals surface area contributed by atoms with Crippen LogP contribution in [0.1, 0.15) is 12.0 Å². The summed E-state index contributed by atoms with van der Waals surface area (Å²) in [4.78, 5) is 24.0. The summed E-state index contributed by atoms with van der Waals surface area (Å²) in [6.07, 6.45) is 0.272. The number of carbonyl (C=O) groups excluding carboxylic acids is 1. The fraction of sp³-hybridized carbons (Fsp3) is 0.176. The summed E-state index contributed by atoms with van der Waals surface area (Å²) in [5.41, 5.74) is 2.77. The number of benzene rings is 2. The number of carbonyl (C=O) groups is 1. The van der Waals surface area contributed by atoms with Crippen molar-refractivity contribution in [1.29, 1.82) is 0 Å². The minimum Gasteiger partial charge on any atom is -0.326 e. The average Bonchev–Trinajstić information content (AvgIpc) is 2.80. The van der Waals surface area contributed by atoms with Gasteiger partial charge in [-0.25, -0.2) is 0 Å². The summed E-state index contributed by atoms with van der Waals surface area (Å²) in [6.45, 7) is 2.37. The molecular weight excluding hydrogens is 296 g/mol. The minimum atomic E-state index is -0.0900. The molecule has 0 spiro atoms. The van der Waals surface area contributed by atoms with E-state index in [1.54, 1.807) is 4.57 Å². The molecule has 22 heavy (non-hydrogen) atoms. The van der Waals surface area contributed by atoms with Crippen LogP contribution in [-0.2, 0) is 11.3 Å².